The van der Waals surface area contributed by atoms with Crippen molar-refractivity contribution < 1.29 is 24.2 Å². The summed E-state index contributed by atoms with van der Waals surface area (Å²) >= 11 is 0. The van der Waals surface area contributed by atoms with E-state index in [4.69, 9.17) is 14.6 Å². The van der Waals surface area contributed by atoms with Crippen LogP contribution in [0, 0.1) is 0 Å². The molecule has 102 valence electrons. The van der Waals surface area contributed by atoms with Gasteiger partial charge in [-0.15, -0.1) is 6.58 Å². The van der Waals surface area contributed by atoms with Gasteiger partial charge < -0.3 is 19.9 Å². The lowest BCUT2D eigenvalue weighted by Crippen LogP contribution is -2.28. The standard InChI is InChI=1S/C13H15NO5/c1-3-6-14-12(15)8-19-11-7-9(13(16)17)4-5-10(11)18-2/h3-5,7H,1,6,8H2,2H3,(H,14,15)(H,16,17). The molecule has 19 heavy (non-hydrogen) atoms. The molecule has 0 unspecified atom stereocenters. The van der Waals surface area contributed by atoms with E-state index < -0.39 is 5.97 Å². The number of nitrogens with one attached hydrogen (secondary N) is 1. The van der Waals surface area contributed by atoms with Crippen LogP contribution >= 0.6 is 0 Å². The summed E-state index contributed by atoms with van der Waals surface area (Å²) in [4.78, 5) is 22.2. The highest BCUT2D eigenvalue weighted by Crippen LogP contribution is 2.27. The third kappa shape index (κ3) is 4.34. The zero-order valence-corrected chi connectivity index (χ0v) is 10.5. The second-order valence-electron chi connectivity index (χ2n) is 3.55. The highest BCUT2D eigenvalue weighted by Gasteiger charge is 2.11. The Hall–Kier alpha value is -2.50. The molecule has 6 nitrogen and oxygen atoms in total. The van der Waals surface area contributed by atoms with Crippen molar-refractivity contribution in [3.63, 3.8) is 0 Å². The minimum Gasteiger partial charge on any atom is -0.493 e. The maximum absolute atomic E-state index is 11.4. The van der Waals surface area contributed by atoms with Gasteiger partial charge in [-0.3, -0.25) is 4.79 Å². The van der Waals surface area contributed by atoms with Gasteiger partial charge in [-0.1, -0.05) is 6.08 Å². The monoisotopic (exact) mass is 265 g/mol. The van der Waals surface area contributed by atoms with E-state index in [9.17, 15) is 9.59 Å². The molecule has 0 atom stereocenters. The molecule has 0 saturated heterocycles. The van der Waals surface area contributed by atoms with Crippen LogP contribution in [0.2, 0.25) is 0 Å². The van der Waals surface area contributed by atoms with Crippen molar-refractivity contribution in [1.29, 1.82) is 0 Å². The van der Waals surface area contributed by atoms with E-state index in [1.165, 1.54) is 25.3 Å². The fourth-order valence-corrected chi connectivity index (χ4v) is 1.30. The van der Waals surface area contributed by atoms with Crippen molar-refractivity contribution in [2.75, 3.05) is 20.3 Å². The second kappa shape index (κ2) is 7.05. The lowest BCUT2D eigenvalue weighted by molar-refractivity contribution is -0.122. The number of rotatable bonds is 7. The minimum atomic E-state index is -1.08. The molecule has 0 heterocycles. The molecular formula is C13H15NO5. The number of aromatic carboxylic acids is 1. The third-order valence-electron chi connectivity index (χ3n) is 2.21. The van der Waals surface area contributed by atoms with Crippen LogP contribution in [0.3, 0.4) is 0 Å². The molecular weight excluding hydrogens is 250 g/mol. The topological polar surface area (TPSA) is 84.9 Å². The van der Waals surface area contributed by atoms with Gasteiger partial charge in [0, 0.05) is 6.54 Å². The number of carboxylic acids is 1. The van der Waals surface area contributed by atoms with E-state index in [1.807, 2.05) is 0 Å². The van der Waals surface area contributed by atoms with E-state index in [-0.39, 0.29) is 23.8 Å². The molecule has 0 fully saturated rings. The molecule has 0 aliphatic carbocycles. The number of amides is 1. The quantitative estimate of drug-likeness (QED) is 0.720. The van der Waals surface area contributed by atoms with Gasteiger partial charge in [0.05, 0.1) is 12.7 Å². The van der Waals surface area contributed by atoms with Crippen LogP contribution in [0.25, 0.3) is 0 Å². The van der Waals surface area contributed by atoms with Crippen molar-refractivity contribution >= 4 is 11.9 Å². The van der Waals surface area contributed by atoms with Gasteiger partial charge in [-0.25, -0.2) is 4.79 Å². The lowest BCUT2D eigenvalue weighted by Gasteiger charge is -2.11. The zero-order valence-electron chi connectivity index (χ0n) is 10.5. The van der Waals surface area contributed by atoms with E-state index in [2.05, 4.69) is 11.9 Å². The second-order valence-corrected chi connectivity index (χ2v) is 3.55. The Bertz CT molecular complexity index is 484. The highest BCUT2D eigenvalue weighted by molar-refractivity contribution is 5.88. The van der Waals surface area contributed by atoms with E-state index in [0.29, 0.717) is 12.3 Å². The number of carbonyl (C=O) groups is 2. The molecule has 1 rings (SSSR count). The predicted octanol–water partition coefficient (Wildman–Crippen LogP) is 1.07. The van der Waals surface area contributed by atoms with Crippen molar-refractivity contribution in [1.82, 2.24) is 5.32 Å². The molecule has 1 amide bonds. The molecule has 0 bridgehead atoms. The molecule has 1 aromatic carbocycles. The predicted molar refractivity (Wildman–Crippen MR) is 68.7 cm³/mol. The summed E-state index contributed by atoms with van der Waals surface area (Å²) in [6.07, 6.45) is 1.55. The van der Waals surface area contributed by atoms with Crippen LogP contribution < -0.4 is 14.8 Å². The Labute approximate surface area is 110 Å². The van der Waals surface area contributed by atoms with Gasteiger partial charge in [0.1, 0.15) is 0 Å². The smallest absolute Gasteiger partial charge is 0.335 e. The Kier molecular flexibility index (Phi) is 5.40. The van der Waals surface area contributed by atoms with Gasteiger partial charge in [0.15, 0.2) is 18.1 Å². The van der Waals surface area contributed by atoms with Gasteiger partial charge in [-0.05, 0) is 18.2 Å². The van der Waals surface area contributed by atoms with Crippen LogP contribution in [-0.4, -0.2) is 37.2 Å². The summed E-state index contributed by atoms with van der Waals surface area (Å²) in [7, 11) is 1.43. The molecule has 0 saturated carbocycles. The Balaban J connectivity index is 2.75. The fraction of sp³-hybridized carbons (Fsp3) is 0.231. The average Bonchev–Trinajstić information content (AvgIpc) is 2.42. The number of carbonyl (C=O) groups excluding carboxylic acids is 1. The van der Waals surface area contributed by atoms with Crippen LogP contribution in [0.4, 0.5) is 0 Å². The molecule has 0 aliphatic heterocycles. The zero-order chi connectivity index (χ0) is 14.3. The lowest BCUT2D eigenvalue weighted by atomic mass is 10.2. The molecule has 0 aliphatic rings. The van der Waals surface area contributed by atoms with E-state index in [0.717, 1.165) is 0 Å². The summed E-state index contributed by atoms with van der Waals surface area (Å²) in [5.74, 6) is -0.844. The first kappa shape index (κ1) is 14.6. The van der Waals surface area contributed by atoms with E-state index >= 15 is 0 Å². The summed E-state index contributed by atoms with van der Waals surface area (Å²) in [5, 5.41) is 11.4. The fourth-order valence-electron chi connectivity index (χ4n) is 1.30. The van der Waals surface area contributed by atoms with Crippen LogP contribution in [0.5, 0.6) is 11.5 Å². The maximum atomic E-state index is 11.4. The SMILES string of the molecule is C=CCNC(=O)COc1cc(C(=O)O)ccc1OC. The van der Waals surface area contributed by atoms with Crippen molar-refractivity contribution in [3.8, 4) is 11.5 Å². The molecule has 2 N–H and O–H groups in total. The van der Waals surface area contributed by atoms with Crippen LogP contribution in [-0.2, 0) is 4.79 Å². The summed E-state index contributed by atoms with van der Waals surface area (Å²) in [6, 6.07) is 4.17. The number of carboxylic acid groups (broad SMARTS) is 1. The number of benzene rings is 1. The third-order valence-corrected chi connectivity index (χ3v) is 2.21. The number of hydrogen-bond acceptors (Lipinski definition) is 4. The minimum absolute atomic E-state index is 0.0577. The number of methoxy groups -OCH3 is 1. The van der Waals surface area contributed by atoms with E-state index in [1.54, 1.807) is 6.08 Å². The maximum Gasteiger partial charge on any atom is 0.335 e. The van der Waals surface area contributed by atoms with Crippen molar-refractivity contribution in [2.45, 2.75) is 0 Å². The number of hydrogen-bond donors (Lipinski definition) is 2. The first-order valence-electron chi connectivity index (χ1n) is 5.50. The first-order valence-corrected chi connectivity index (χ1v) is 5.50. The molecule has 0 radical (unpaired) electrons. The highest BCUT2D eigenvalue weighted by atomic mass is 16.5. The number of ether oxygens (including phenoxy) is 2. The van der Waals surface area contributed by atoms with Crippen LogP contribution in [0.15, 0.2) is 30.9 Å². The van der Waals surface area contributed by atoms with Crippen molar-refractivity contribution in [3.05, 3.63) is 36.4 Å². The van der Waals surface area contributed by atoms with Gasteiger partial charge >= 0.3 is 5.97 Å². The molecule has 1 aromatic rings. The summed E-state index contributed by atoms with van der Waals surface area (Å²) < 4.78 is 10.3. The van der Waals surface area contributed by atoms with Gasteiger partial charge in [0.2, 0.25) is 0 Å². The normalized spacial score (nSPS) is 9.53. The Morgan fingerprint density at radius 2 is 2.16 bits per heavy atom. The Morgan fingerprint density at radius 3 is 2.74 bits per heavy atom. The molecule has 0 spiro atoms. The largest absolute Gasteiger partial charge is 0.493 e. The summed E-state index contributed by atoms with van der Waals surface area (Å²) in [6.45, 7) is 3.58. The summed E-state index contributed by atoms with van der Waals surface area (Å²) in [5.41, 5.74) is 0.0577. The van der Waals surface area contributed by atoms with Crippen molar-refractivity contribution in [2.24, 2.45) is 0 Å². The van der Waals surface area contributed by atoms with Gasteiger partial charge in [-0.2, -0.15) is 0 Å². The molecule has 6 heteroatoms. The average molecular weight is 265 g/mol. The van der Waals surface area contributed by atoms with Crippen LogP contribution in [0.1, 0.15) is 10.4 Å². The van der Waals surface area contributed by atoms with Gasteiger partial charge in [0.25, 0.3) is 5.91 Å². The molecule has 0 aromatic heterocycles. The Morgan fingerprint density at radius 1 is 1.42 bits per heavy atom. The first-order chi connectivity index (χ1) is 9.08.